The molecule has 0 amide bonds. The first kappa shape index (κ1) is 14.1. The first-order valence-electron chi connectivity index (χ1n) is 5.02. The largest absolute Gasteiger partial charge is 0.466 e. The molecule has 0 aliphatic heterocycles. The summed E-state index contributed by atoms with van der Waals surface area (Å²) in [7, 11) is 0. The molecule has 0 aromatic heterocycles. The van der Waals surface area contributed by atoms with E-state index in [0.717, 1.165) is 0 Å². The molecule has 1 aromatic rings. The molecule has 0 fully saturated rings. The summed E-state index contributed by atoms with van der Waals surface area (Å²) in [6, 6.07) is 4.34. The molecule has 1 rings (SSSR count). The molecule has 94 valence electrons. The zero-order valence-corrected chi connectivity index (χ0v) is 11.1. The standard InChI is InChI=1S/C11H9BrN2O4/c1-2-18-11(15)4-7-3-8(14(16)17)5-10(12)9(7)6-13/h3,5H,2,4H2,1H3. The number of carbonyl (C=O) groups is 1. The van der Waals surface area contributed by atoms with Gasteiger partial charge in [-0.15, -0.1) is 0 Å². The third-order valence-electron chi connectivity index (χ3n) is 2.12. The number of nitro benzene ring substituents is 1. The molecule has 0 aliphatic carbocycles. The van der Waals surface area contributed by atoms with Gasteiger partial charge in [-0.3, -0.25) is 14.9 Å². The van der Waals surface area contributed by atoms with E-state index in [2.05, 4.69) is 15.9 Å². The summed E-state index contributed by atoms with van der Waals surface area (Å²) < 4.78 is 5.04. The van der Waals surface area contributed by atoms with Gasteiger partial charge < -0.3 is 4.74 Å². The highest BCUT2D eigenvalue weighted by Crippen LogP contribution is 2.27. The van der Waals surface area contributed by atoms with Gasteiger partial charge in [-0.1, -0.05) is 0 Å². The highest BCUT2D eigenvalue weighted by molar-refractivity contribution is 9.10. The molecule has 0 aliphatic rings. The Morgan fingerprint density at radius 3 is 2.78 bits per heavy atom. The van der Waals surface area contributed by atoms with E-state index < -0.39 is 10.9 Å². The molecule has 0 atom stereocenters. The molecular weight excluding hydrogens is 304 g/mol. The molecule has 0 saturated heterocycles. The van der Waals surface area contributed by atoms with Crippen LogP contribution in [0.2, 0.25) is 0 Å². The Morgan fingerprint density at radius 1 is 1.61 bits per heavy atom. The Balaban J connectivity index is 3.19. The summed E-state index contributed by atoms with van der Waals surface area (Å²) >= 11 is 3.08. The van der Waals surface area contributed by atoms with Crippen molar-refractivity contribution in [3.8, 4) is 6.07 Å². The molecule has 7 heteroatoms. The lowest BCUT2D eigenvalue weighted by Gasteiger charge is -2.05. The molecule has 0 radical (unpaired) electrons. The normalized spacial score (nSPS) is 9.61. The van der Waals surface area contributed by atoms with Crippen LogP contribution in [0.5, 0.6) is 0 Å². The van der Waals surface area contributed by atoms with Crippen LogP contribution in [0.4, 0.5) is 5.69 Å². The van der Waals surface area contributed by atoms with Gasteiger partial charge in [-0.25, -0.2) is 0 Å². The van der Waals surface area contributed by atoms with Crippen molar-refractivity contribution in [3.05, 3.63) is 37.8 Å². The SMILES string of the molecule is CCOC(=O)Cc1cc([N+](=O)[O-])cc(Br)c1C#N. The maximum absolute atomic E-state index is 11.4. The van der Waals surface area contributed by atoms with Gasteiger partial charge in [-0.2, -0.15) is 5.26 Å². The van der Waals surface area contributed by atoms with Gasteiger partial charge in [0, 0.05) is 16.6 Å². The van der Waals surface area contributed by atoms with Crippen LogP contribution in [0.1, 0.15) is 18.1 Å². The number of ether oxygens (including phenoxy) is 1. The number of benzene rings is 1. The number of hydrogen-bond donors (Lipinski definition) is 0. The third kappa shape index (κ3) is 3.28. The quantitative estimate of drug-likeness (QED) is 0.483. The summed E-state index contributed by atoms with van der Waals surface area (Å²) in [5.74, 6) is -0.526. The third-order valence-corrected chi connectivity index (χ3v) is 2.74. The Bertz CT molecular complexity index is 537. The summed E-state index contributed by atoms with van der Waals surface area (Å²) in [5.41, 5.74) is 0.297. The molecule has 0 N–H and O–H groups in total. The van der Waals surface area contributed by atoms with Crippen molar-refractivity contribution in [1.29, 1.82) is 5.26 Å². The summed E-state index contributed by atoms with van der Waals surface area (Å²) in [6.45, 7) is 1.88. The zero-order chi connectivity index (χ0) is 13.7. The fraction of sp³-hybridized carbons (Fsp3) is 0.273. The van der Waals surface area contributed by atoms with E-state index in [1.165, 1.54) is 12.1 Å². The van der Waals surface area contributed by atoms with Crippen molar-refractivity contribution in [1.82, 2.24) is 0 Å². The second-order valence-corrected chi connectivity index (χ2v) is 4.17. The van der Waals surface area contributed by atoms with Gasteiger partial charge in [0.05, 0.1) is 23.5 Å². The van der Waals surface area contributed by atoms with E-state index in [1.54, 1.807) is 6.92 Å². The summed E-state index contributed by atoms with van der Waals surface area (Å²) in [6.07, 6.45) is -0.170. The topological polar surface area (TPSA) is 93.2 Å². The van der Waals surface area contributed by atoms with Gasteiger partial charge in [0.15, 0.2) is 0 Å². The van der Waals surface area contributed by atoms with E-state index in [0.29, 0.717) is 4.47 Å². The van der Waals surface area contributed by atoms with Gasteiger partial charge in [0.1, 0.15) is 6.07 Å². The lowest BCUT2D eigenvalue weighted by Crippen LogP contribution is -2.09. The van der Waals surface area contributed by atoms with Gasteiger partial charge in [0.2, 0.25) is 0 Å². The number of esters is 1. The van der Waals surface area contributed by atoms with Crippen molar-refractivity contribution in [2.75, 3.05) is 6.61 Å². The van der Waals surface area contributed by atoms with Gasteiger partial charge in [-0.05, 0) is 28.4 Å². The number of rotatable bonds is 4. The predicted octanol–water partition coefficient (Wildman–Crippen LogP) is 2.33. The molecule has 1 aromatic carbocycles. The van der Waals surface area contributed by atoms with E-state index in [1.807, 2.05) is 6.07 Å². The number of halogens is 1. The van der Waals surface area contributed by atoms with Crippen LogP contribution in [0.3, 0.4) is 0 Å². The van der Waals surface area contributed by atoms with Crippen molar-refractivity contribution < 1.29 is 14.5 Å². The number of non-ortho nitro benzene ring substituents is 1. The molecular formula is C11H9BrN2O4. The van der Waals surface area contributed by atoms with E-state index in [-0.39, 0.29) is 29.8 Å². The zero-order valence-electron chi connectivity index (χ0n) is 9.47. The Hall–Kier alpha value is -1.94. The van der Waals surface area contributed by atoms with Crippen LogP contribution in [-0.2, 0) is 16.0 Å². The van der Waals surface area contributed by atoms with Crippen LogP contribution in [0.15, 0.2) is 16.6 Å². The van der Waals surface area contributed by atoms with Gasteiger partial charge in [0.25, 0.3) is 5.69 Å². The van der Waals surface area contributed by atoms with Crippen molar-refractivity contribution in [3.63, 3.8) is 0 Å². The number of nitrogens with zero attached hydrogens (tertiary/aromatic N) is 2. The molecule has 0 saturated carbocycles. The van der Waals surface area contributed by atoms with Crippen molar-refractivity contribution in [2.24, 2.45) is 0 Å². The minimum absolute atomic E-state index is 0.170. The van der Waals surface area contributed by atoms with Crippen molar-refractivity contribution >= 4 is 27.6 Å². The molecule has 0 unspecified atom stereocenters. The Labute approximate surface area is 111 Å². The van der Waals surface area contributed by atoms with Crippen LogP contribution in [-0.4, -0.2) is 17.5 Å². The van der Waals surface area contributed by atoms with Crippen LogP contribution >= 0.6 is 15.9 Å². The van der Waals surface area contributed by atoms with Crippen LogP contribution < -0.4 is 0 Å². The van der Waals surface area contributed by atoms with Crippen LogP contribution in [0.25, 0.3) is 0 Å². The first-order chi connectivity index (χ1) is 8.49. The molecule has 0 bridgehead atoms. The molecule has 6 nitrogen and oxygen atoms in total. The smallest absolute Gasteiger partial charge is 0.310 e. The molecule has 18 heavy (non-hydrogen) atoms. The maximum atomic E-state index is 11.4. The van der Waals surface area contributed by atoms with Crippen molar-refractivity contribution in [2.45, 2.75) is 13.3 Å². The fourth-order valence-electron chi connectivity index (χ4n) is 1.39. The number of nitriles is 1. The lowest BCUT2D eigenvalue weighted by atomic mass is 10.0. The number of carbonyl (C=O) groups excluding carboxylic acids is 1. The predicted molar refractivity (Wildman–Crippen MR) is 65.8 cm³/mol. The second kappa shape index (κ2) is 6.12. The Morgan fingerprint density at radius 2 is 2.28 bits per heavy atom. The average Bonchev–Trinajstić information content (AvgIpc) is 2.28. The first-order valence-corrected chi connectivity index (χ1v) is 5.81. The van der Waals surface area contributed by atoms with E-state index in [9.17, 15) is 14.9 Å². The van der Waals surface area contributed by atoms with Gasteiger partial charge >= 0.3 is 5.97 Å². The van der Waals surface area contributed by atoms with Crippen LogP contribution in [0, 0.1) is 21.4 Å². The Kier molecular flexibility index (Phi) is 4.80. The highest BCUT2D eigenvalue weighted by Gasteiger charge is 2.17. The fourth-order valence-corrected chi connectivity index (χ4v) is 1.96. The number of nitro groups is 1. The summed E-state index contributed by atoms with van der Waals surface area (Å²) in [5, 5.41) is 19.7. The highest BCUT2D eigenvalue weighted by atomic mass is 79.9. The number of hydrogen-bond acceptors (Lipinski definition) is 5. The summed E-state index contributed by atoms with van der Waals surface area (Å²) in [4.78, 5) is 21.5. The molecule has 0 heterocycles. The van der Waals surface area contributed by atoms with E-state index >= 15 is 0 Å². The monoisotopic (exact) mass is 312 g/mol. The lowest BCUT2D eigenvalue weighted by molar-refractivity contribution is -0.385. The van der Waals surface area contributed by atoms with E-state index in [4.69, 9.17) is 10.00 Å². The maximum Gasteiger partial charge on any atom is 0.310 e. The average molecular weight is 313 g/mol. The molecule has 0 spiro atoms. The minimum Gasteiger partial charge on any atom is -0.466 e. The minimum atomic E-state index is -0.583. The second-order valence-electron chi connectivity index (χ2n) is 3.31.